The van der Waals surface area contributed by atoms with Crippen LogP contribution in [0.15, 0.2) is 12.1 Å². The highest BCUT2D eigenvalue weighted by atomic mass is 35.5. The van der Waals surface area contributed by atoms with Gasteiger partial charge < -0.3 is 15.0 Å². The fourth-order valence-electron chi connectivity index (χ4n) is 2.95. The van der Waals surface area contributed by atoms with Gasteiger partial charge in [-0.2, -0.15) is 0 Å². The summed E-state index contributed by atoms with van der Waals surface area (Å²) in [4.78, 5) is 14.0. The number of benzene rings is 1. The molecule has 0 bridgehead atoms. The number of hydrogen-bond acceptors (Lipinski definition) is 3. The minimum atomic E-state index is -0.618. The molecule has 1 aromatic rings. The number of amides is 1. The van der Waals surface area contributed by atoms with Gasteiger partial charge in [0, 0.05) is 30.2 Å². The number of anilines is 1. The van der Waals surface area contributed by atoms with Crippen LogP contribution in [0, 0.1) is 11.2 Å². The van der Waals surface area contributed by atoms with E-state index in [2.05, 4.69) is 19.2 Å². The molecule has 2 rings (SSSR count). The van der Waals surface area contributed by atoms with E-state index < -0.39 is 11.4 Å². The molecule has 140 valence electrons. The van der Waals surface area contributed by atoms with Gasteiger partial charge in [0.1, 0.15) is 5.60 Å². The molecule has 1 heterocycles. The van der Waals surface area contributed by atoms with Gasteiger partial charge in [0.15, 0.2) is 5.82 Å². The van der Waals surface area contributed by atoms with Gasteiger partial charge in [-0.05, 0) is 39.3 Å². The van der Waals surface area contributed by atoms with Crippen molar-refractivity contribution in [2.45, 2.75) is 52.7 Å². The van der Waals surface area contributed by atoms with Crippen molar-refractivity contribution in [3.8, 4) is 0 Å². The van der Waals surface area contributed by atoms with E-state index in [1.807, 2.05) is 20.8 Å². The lowest BCUT2D eigenvalue weighted by atomic mass is 9.79. The predicted molar refractivity (Wildman–Crippen MR) is 100 cm³/mol. The fourth-order valence-corrected chi connectivity index (χ4v) is 3.43. The van der Waals surface area contributed by atoms with Crippen molar-refractivity contribution in [1.29, 1.82) is 0 Å². The first-order valence-corrected chi connectivity index (χ1v) is 9.04. The first kappa shape index (κ1) is 20.1. The largest absolute Gasteiger partial charge is 0.444 e. The lowest BCUT2D eigenvalue weighted by molar-refractivity contribution is 0.00691. The topological polar surface area (TPSA) is 41.6 Å². The Bertz CT molecular complexity index is 636. The Hall–Kier alpha value is -1.20. The molecule has 0 saturated carbocycles. The molecule has 1 aromatic carbocycles. The van der Waals surface area contributed by atoms with Crippen molar-refractivity contribution in [3.05, 3.63) is 28.0 Å². The number of likely N-dealkylation sites (tertiary alicyclic amines) is 1. The van der Waals surface area contributed by atoms with Crippen LogP contribution in [-0.4, -0.2) is 35.7 Å². The summed E-state index contributed by atoms with van der Waals surface area (Å²) in [7, 11) is 0. The van der Waals surface area contributed by atoms with Gasteiger partial charge in [-0.3, -0.25) is 0 Å². The highest BCUT2D eigenvalue weighted by Crippen LogP contribution is 2.34. The van der Waals surface area contributed by atoms with E-state index in [1.165, 1.54) is 12.1 Å². The zero-order valence-corrected chi connectivity index (χ0v) is 16.8. The molecule has 0 aliphatic carbocycles. The Morgan fingerprint density at radius 3 is 2.36 bits per heavy atom. The molecule has 1 aliphatic heterocycles. The molecule has 1 unspecified atom stereocenters. The summed E-state index contributed by atoms with van der Waals surface area (Å²) < 4.78 is 19.0. The first-order chi connectivity index (χ1) is 11.4. The van der Waals surface area contributed by atoms with Crippen LogP contribution in [0.25, 0.3) is 0 Å². The minimum absolute atomic E-state index is 0.0148. The smallest absolute Gasteiger partial charge is 0.410 e. The van der Waals surface area contributed by atoms with E-state index in [0.29, 0.717) is 18.8 Å². The molecule has 0 aromatic heterocycles. The summed E-state index contributed by atoms with van der Waals surface area (Å²) in [5, 5.41) is 3.34. The van der Waals surface area contributed by atoms with Crippen molar-refractivity contribution >= 4 is 35.0 Å². The normalized spacial score (nSPS) is 20.3. The number of carbonyl (C=O) groups is 1. The number of piperidine rings is 1. The highest BCUT2D eigenvalue weighted by Gasteiger charge is 2.39. The second kappa shape index (κ2) is 7.20. The van der Waals surface area contributed by atoms with Crippen molar-refractivity contribution in [2.75, 3.05) is 18.4 Å². The number of ether oxygens (including phenoxy) is 1. The van der Waals surface area contributed by atoms with Crippen LogP contribution < -0.4 is 5.32 Å². The van der Waals surface area contributed by atoms with Gasteiger partial charge in [-0.15, -0.1) is 0 Å². The number of hydrogen-bond donors (Lipinski definition) is 1. The van der Waals surface area contributed by atoms with E-state index in [0.717, 1.165) is 6.42 Å². The average molecular weight is 391 g/mol. The van der Waals surface area contributed by atoms with Crippen molar-refractivity contribution < 1.29 is 13.9 Å². The molecular formula is C18H25Cl2FN2O2. The zero-order valence-electron chi connectivity index (χ0n) is 15.3. The van der Waals surface area contributed by atoms with Crippen LogP contribution in [0.4, 0.5) is 14.9 Å². The lowest BCUT2D eigenvalue weighted by Crippen LogP contribution is -2.54. The second-order valence-electron chi connectivity index (χ2n) is 8.13. The first-order valence-electron chi connectivity index (χ1n) is 8.28. The van der Waals surface area contributed by atoms with E-state index in [-0.39, 0.29) is 27.6 Å². The Morgan fingerprint density at radius 1 is 1.32 bits per heavy atom. The third-order valence-corrected chi connectivity index (χ3v) is 4.76. The molecular weight excluding hydrogens is 366 g/mol. The summed E-state index contributed by atoms with van der Waals surface area (Å²) in [6.07, 6.45) is 0.436. The Labute approximate surface area is 158 Å². The molecule has 1 saturated heterocycles. The third kappa shape index (κ3) is 5.14. The molecule has 0 radical (unpaired) electrons. The molecule has 25 heavy (non-hydrogen) atoms. The maximum absolute atomic E-state index is 13.6. The molecule has 7 heteroatoms. The highest BCUT2D eigenvalue weighted by molar-refractivity contribution is 6.35. The minimum Gasteiger partial charge on any atom is -0.444 e. The van der Waals surface area contributed by atoms with Crippen LogP contribution in [0.3, 0.4) is 0 Å². The summed E-state index contributed by atoms with van der Waals surface area (Å²) >= 11 is 11.7. The SMILES string of the molecule is CC(C)(C)OC(=O)N1CCC(Nc2cc(Cl)c(F)c(Cl)c2)C(C)(C)C1. The van der Waals surface area contributed by atoms with Crippen molar-refractivity contribution in [2.24, 2.45) is 5.41 Å². The number of nitrogens with one attached hydrogen (secondary N) is 1. The Balaban J connectivity index is 2.07. The summed E-state index contributed by atoms with van der Waals surface area (Å²) in [6.45, 7) is 10.9. The van der Waals surface area contributed by atoms with Gasteiger partial charge >= 0.3 is 6.09 Å². The van der Waals surface area contributed by atoms with Gasteiger partial charge in [-0.25, -0.2) is 9.18 Å². The fraction of sp³-hybridized carbons (Fsp3) is 0.611. The molecule has 1 N–H and O–H groups in total. The average Bonchev–Trinajstić information content (AvgIpc) is 2.44. The van der Waals surface area contributed by atoms with Gasteiger partial charge in [0.05, 0.1) is 10.0 Å². The summed E-state index contributed by atoms with van der Waals surface area (Å²) in [6, 6.07) is 3.14. The van der Waals surface area contributed by atoms with E-state index in [9.17, 15) is 9.18 Å². The maximum atomic E-state index is 13.6. The summed E-state index contributed by atoms with van der Waals surface area (Å²) in [5.41, 5.74) is -0.0550. The Kier molecular flexibility index (Phi) is 5.79. The van der Waals surface area contributed by atoms with Gasteiger partial charge in [0.2, 0.25) is 0 Å². The van der Waals surface area contributed by atoms with Crippen LogP contribution >= 0.6 is 23.2 Å². The quantitative estimate of drug-likeness (QED) is 0.670. The summed E-state index contributed by atoms with van der Waals surface area (Å²) in [5.74, 6) is -0.618. The number of nitrogens with zero attached hydrogens (tertiary/aromatic N) is 1. The van der Waals surface area contributed by atoms with Gasteiger partial charge in [-0.1, -0.05) is 37.0 Å². The molecule has 4 nitrogen and oxygen atoms in total. The second-order valence-corrected chi connectivity index (χ2v) is 8.94. The van der Waals surface area contributed by atoms with E-state index in [1.54, 1.807) is 4.90 Å². The molecule has 0 spiro atoms. The third-order valence-electron chi connectivity index (χ3n) is 4.21. The number of halogens is 3. The van der Waals surface area contributed by atoms with Crippen molar-refractivity contribution in [1.82, 2.24) is 4.90 Å². The van der Waals surface area contributed by atoms with E-state index in [4.69, 9.17) is 27.9 Å². The van der Waals surface area contributed by atoms with Crippen molar-refractivity contribution in [3.63, 3.8) is 0 Å². The monoisotopic (exact) mass is 390 g/mol. The van der Waals surface area contributed by atoms with E-state index >= 15 is 0 Å². The van der Waals surface area contributed by atoms with Crippen LogP contribution in [0.5, 0.6) is 0 Å². The van der Waals surface area contributed by atoms with Crippen LogP contribution in [0.1, 0.15) is 41.0 Å². The Morgan fingerprint density at radius 2 is 1.88 bits per heavy atom. The molecule has 1 amide bonds. The number of carbonyl (C=O) groups excluding carboxylic acids is 1. The standard InChI is InChI=1S/C18H25Cl2FN2O2/c1-17(2,3)25-16(24)23-7-6-14(18(4,5)10-23)22-11-8-12(19)15(21)13(20)9-11/h8-9,14,22H,6-7,10H2,1-5H3. The van der Waals surface area contributed by atoms with Crippen LogP contribution in [-0.2, 0) is 4.74 Å². The molecule has 1 aliphatic rings. The predicted octanol–water partition coefficient (Wildman–Crippen LogP) is 5.58. The number of rotatable bonds is 2. The van der Waals surface area contributed by atoms with Gasteiger partial charge in [0.25, 0.3) is 0 Å². The lowest BCUT2D eigenvalue weighted by Gasteiger charge is -2.45. The molecule has 1 fully saturated rings. The van der Waals surface area contributed by atoms with Crippen LogP contribution in [0.2, 0.25) is 10.0 Å². The zero-order chi connectivity index (χ0) is 19.0. The molecule has 1 atom stereocenters. The maximum Gasteiger partial charge on any atom is 0.410 e.